The fourth-order valence-corrected chi connectivity index (χ4v) is 4.64. The normalized spacial score (nSPS) is 24.7. The van der Waals surface area contributed by atoms with Gasteiger partial charge in [0.25, 0.3) is 0 Å². The number of carbonyl (C=O) groups excluding carboxylic acids is 1. The van der Waals surface area contributed by atoms with Crippen LogP contribution in [0.25, 0.3) is 0 Å². The van der Waals surface area contributed by atoms with Crippen molar-refractivity contribution in [1.82, 2.24) is 5.32 Å². The van der Waals surface area contributed by atoms with Crippen molar-refractivity contribution < 1.29 is 18.0 Å². The van der Waals surface area contributed by atoms with E-state index >= 15 is 0 Å². The van der Waals surface area contributed by atoms with E-state index in [-0.39, 0.29) is 17.2 Å². The van der Waals surface area contributed by atoms with Crippen LogP contribution in [0.15, 0.2) is 18.2 Å². The van der Waals surface area contributed by atoms with Gasteiger partial charge in [-0.2, -0.15) is 13.2 Å². The van der Waals surface area contributed by atoms with Crippen LogP contribution < -0.4 is 15.5 Å². The summed E-state index contributed by atoms with van der Waals surface area (Å²) < 4.78 is 39.6. The number of anilines is 2. The molecule has 1 amide bonds. The largest absolute Gasteiger partial charge is 0.416 e. The van der Waals surface area contributed by atoms with E-state index in [1.807, 2.05) is 0 Å². The van der Waals surface area contributed by atoms with E-state index in [1.165, 1.54) is 6.07 Å². The third kappa shape index (κ3) is 3.79. The Morgan fingerprint density at radius 3 is 2.52 bits per heavy atom. The van der Waals surface area contributed by atoms with Gasteiger partial charge in [0.2, 0.25) is 5.91 Å². The molecule has 7 heteroatoms. The van der Waals surface area contributed by atoms with Gasteiger partial charge in [-0.05, 0) is 75.2 Å². The number of piperidine rings is 2. The Hall–Kier alpha value is -1.76. The van der Waals surface area contributed by atoms with Crippen LogP contribution in [0.3, 0.4) is 0 Å². The van der Waals surface area contributed by atoms with Crippen LogP contribution >= 0.6 is 0 Å². The van der Waals surface area contributed by atoms with E-state index in [9.17, 15) is 18.0 Å². The first-order valence-electron chi connectivity index (χ1n) is 9.87. The van der Waals surface area contributed by atoms with Gasteiger partial charge >= 0.3 is 6.18 Å². The molecule has 0 radical (unpaired) electrons. The summed E-state index contributed by atoms with van der Waals surface area (Å²) in [6.45, 7) is 3.44. The van der Waals surface area contributed by atoms with Crippen LogP contribution in [0.5, 0.6) is 0 Å². The highest BCUT2D eigenvalue weighted by Crippen LogP contribution is 2.59. The molecule has 1 aromatic rings. The van der Waals surface area contributed by atoms with Gasteiger partial charge in [-0.25, -0.2) is 0 Å². The topological polar surface area (TPSA) is 44.4 Å². The van der Waals surface area contributed by atoms with Gasteiger partial charge in [-0.15, -0.1) is 0 Å². The molecule has 3 aliphatic rings. The predicted molar refractivity (Wildman–Crippen MR) is 98.8 cm³/mol. The number of hydrogen-bond donors (Lipinski definition) is 2. The van der Waals surface area contributed by atoms with Gasteiger partial charge in [0, 0.05) is 19.0 Å². The number of carbonyl (C=O) groups is 1. The first-order valence-corrected chi connectivity index (χ1v) is 9.87. The van der Waals surface area contributed by atoms with Gasteiger partial charge in [-0.1, -0.05) is 0 Å². The molecule has 2 heterocycles. The highest BCUT2D eigenvalue weighted by Gasteiger charge is 2.57. The van der Waals surface area contributed by atoms with Gasteiger partial charge in [0.05, 0.1) is 16.9 Å². The number of benzene rings is 1. The predicted octanol–water partition coefficient (Wildman–Crippen LogP) is 4.02. The summed E-state index contributed by atoms with van der Waals surface area (Å²) in [6.07, 6.45) is 1.53. The SMILES string of the molecule is O=C(Nc1cc(C(F)(F)F)ccc1N1CCCCC1)C1CC12CCNCC2. The van der Waals surface area contributed by atoms with Gasteiger partial charge in [-0.3, -0.25) is 4.79 Å². The molecule has 1 aromatic carbocycles. The Kier molecular flexibility index (Phi) is 4.82. The van der Waals surface area contributed by atoms with E-state index in [4.69, 9.17) is 0 Å². The van der Waals surface area contributed by atoms with Gasteiger partial charge < -0.3 is 15.5 Å². The first-order chi connectivity index (χ1) is 12.9. The number of amides is 1. The van der Waals surface area contributed by atoms with Crippen molar-refractivity contribution in [3.8, 4) is 0 Å². The molecule has 3 fully saturated rings. The fourth-order valence-electron chi connectivity index (χ4n) is 4.64. The average molecular weight is 381 g/mol. The highest BCUT2D eigenvalue weighted by atomic mass is 19.4. The van der Waals surface area contributed by atoms with E-state index < -0.39 is 11.7 Å². The molecule has 2 aliphatic heterocycles. The molecule has 4 rings (SSSR count). The van der Waals surface area contributed by atoms with Crippen LogP contribution in [0.4, 0.5) is 24.5 Å². The summed E-state index contributed by atoms with van der Waals surface area (Å²) in [4.78, 5) is 14.9. The fraction of sp³-hybridized carbons (Fsp3) is 0.650. The van der Waals surface area contributed by atoms with Gasteiger partial charge in [0.1, 0.15) is 0 Å². The zero-order chi connectivity index (χ0) is 19.1. The third-order valence-electron chi connectivity index (χ3n) is 6.38. The van der Waals surface area contributed by atoms with Crippen molar-refractivity contribution in [3.63, 3.8) is 0 Å². The van der Waals surface area contributed by atoms with Crippen molar-refractivity contribution in [2.24, 2.45) is 11.3 Å². The van der Waals surface area contributed by atoms with Crippen molar-refractivity contribution >= 4 is 17.3 Å². The van der Waals surface area contributed by atoms with E-state index in [2.05, 4.69) is 15.5 Å². The minimum atomic E-state index is -4.42. The molecule has 27 heavy (non-hydrogen) atoms. The average Bonchev–Trinajstić information content (AvgIpc) is 3.35. The maximum absolute atomic E-state index is 13.2. The Balaban J connectivity index is 1.56. The van der Waals surface area contributed by atoms with Crippen molar-refractivity contribution in [3.05, 3.63) is 23.8 Å². The zero-order valence-corrected chi connectivity index (χ0v) is 15.4. The Bertz CT molecular complexity index is 707. The monoisotopic (exact) mass is 381 g/mol. The molecule has 148 valence electrons. The van der Waals surface area contributed by atoms with Gasteiger partial charge in [0.15, 0.2) is 0 Å². The van der Waals surface area contributed by atoms with Crippen LogP contribution in [-0.4, -0.2) is 32.1 Å². The first kappa shape index (κ1) is 18.6. The quantitative estimate of drug-likeness (QED) is 0.831. The van der Waals surface area contributed by atoms with Crippen LogP contribution in [0, 0.1) is 11.3 Å². The Morgan fingerprint density at radius 1 is 1.15 bits per heavy atom. The lowest BCUT2D eigenvalue weighted by Crippen LogP contribution is -2.32. The standard InChI is InChI=1S/C20H26F3N3O/c21-20(22,23)14-4-5-17(26-10-2-1-3-11-26)16(12-14)25-18(27)15-13-19(15)6-8-24-9-7-19/h4-5,12,15,24H,1-3,6-11,13H2,(H,25,27). The summed E-state index contributed by atoms with van der Waals surface area (Å²) in [7, 11) is 0. The molecule has 2 saturated heterocycles. The molecule has 1 saturated carbocycles. The van der Waals surface area contributed by atoms with Crippen molar-refractivity contribution in [2.45, 2.75) is 44.7 Å². The summed E-state index contributed by atoms with van der Waals surface area (Å²) in [6, 6.07) is 3.72. The van der Waals surface area contributed by atoms with Crippen molar-refractivity contribution in [2.75, 3.05) is 36.4 Å². The van der Waals surface area contributed by atoms with E-state index in [1.54, 1.807) is 0 Å². The number of halogens is 3. The molecular weight excluding hydrogens is 355 g/mol. The number of nitrogens with zero attached hydrogens (tertiary/aromatic N) is 1. The molecular formula is C20H26F3N3O. The minimum absolute atomic E-state index is 0.0578. The number of rotatable bonds is 3. The van der Waals surface area contributed by atoms with Crippen LogP contribution in [-0.2, 0) is 11.0 Å². The number of nitrogens with one attached hydrogen (secondary N) is 2. The maximum atomic E-state index is 13.2. The Labute approximate surface area is 157 Å². The number of hydrogen-bond acceptors (Lipinski definition) is 3. The summed E-state index contributed by atoms with van der Waals surface area (Å²) >= 11 is 0. The molecule has 1 unspecified atom stereocenters. The second-order valence-corrected chi connectivity index (χ2v) is 8.14. The summed E-state index contributed by atoms with van der Waals surface area (Å²) in [5.41, 5.74) is 0.345. The molecule has 0 aromatic heterocycles. The lowest BCUT2D eigenvalue weighted by molar-refractivity contribution is -0.137. The third-order valence-corrected chi connectivity index (χ3v) is 6.38. The Morgan fingerprint density at radius 2 is 1.85 bits per heavy atom. The second-order valence-electron chi connectivity index (χ2n) is 8.14. The second kappa shape index (κ2) is 7.00. The van der Waals surface area contributed by atoms with Crippen LogP contribution in [0.2, 0.25) is 0 Å². The number of alkyl halides is 3. The lowest BCUT2D eigenvalue weighted by Gasteiger charge is -2.31. The molecule has 0 bridgehead atoms. The molecule has 1 aliphatic carbocycles. The van der Waals surface area contributed by atoms with Crippen LogP contribution in [0.1, 0.15) is 44.1 Å². The zero-order valence-electron chi connectivity index (χ0n) is 15.4. The molecule has 1 atom stereocenters. The van der Waals surface area contributed by atoms with Crippen molar-refractivity contribution in [1.29, 1.82) is 0 Å². The molecule has 4 nitrogen and oxygen atoms in total. The van der Waals surface area contributed by atoms with E-state index in [0.29, 0.717) is 11.4 Å². The molecule has 2 N–H and O–H groups in total. The lowest BCUT2D eigenvalue weighted by atomic mass is 9.91. The summed E-state index contributed by atoms with van der Waals surface area (Å²) in [5.74, 6) is -0.210. The minimum Gasteiger partial charge on any atom is -0.370 e. The highest BCUT2D eigenvalue weighted by molar-refractivity contribution is 5.98. The summed E-state index contributed by atoms with van der Waals surface area (Å²) in [5, 5.41) is 6.16. The van der Waals surface area contributed by atoms with E-state index in [0.717, 1.165) is 76.8 Å². The molecule has 1 spiro atoms. The maximum Gasteiger partial charge on any atom is 0.416 e. The smallest absolute Gasteiger partial charge is 0.370 e.